The Morgan fingerprint density at radius 1 is 1.24 bits per heavy atom. The lowest BCUT2D eigenvalue weighted by molar-refractivity contribution is -0.138. The van der Waals surface area contributed by atoms with Gasteiger partial charge in [0.05, 0.1) is 26.4 Å². The van der Waals surface area contributed by atoms with Crippen molar-refractivity contribution in [2.45, 2.75) is 83.3 Å². The van der Waals surface area contributed by atoms with Crippen molar-refractivity contribution < 1.29 is 19.4 Å². The number of fused-ring (bicyclic) bond motifs is 1. The van der Waals surface area contributed by atoms with Gasteiger partial charge in [-0.1, -0.05) is 46.0 Å². The number of piperidine rings is 1. The molecule has 186 valence electrons. The molecule has 1 amide bonds. The first kappa shape index (κ1) is 25.8. The number of nitrogens with zero attached hydrogens (tertiary/aromatic N) is 1. The van der Waals surface area contributed by atoms with Crippen molar-refractivity contribution >= 4 is 5.91 Å². The van der Waals surface area contributed by atoms with Crippen LogP contribution in [0.4, 0.5) is 0 Å². The van der Waals surface area contributed by atoms with Crippen LogP contribution in [0.3, 0.4) is 0 Å². The van der Waals surface area contributed by atoms with Crippen LogP contribution < -0.4 is 14.8 Å². The average Bonchev–Trinajstić information content (AvgIpc) is 2.83. The molecule has 2 aliphatic rings. The van der Waals surface area contributed by atoms with Crippen LogP contribution in [0.5, 0.6) is 11.5 Å². The number of carbonyl (C=O) groups excluding carboxylic acids is 1. The summed E-state index contributed by atoms with van der Waals surface area (Å²) in [6, 6.07) is 5.77. The Labute approximate surface area is 200 Å². The Morgan fingerprint density at radius 3 is 2.76 bits per heavy atom. The number of methoxy groups -OCH3 is 2. The van der Waals surface area contributed by atoms with Gasteiger partial charge < -0.3 is 19.9 Å². The molecule has 1 heterocycles. The minimum Gasteiger partial charge on any atom is -0.497 e. The van der Waals surface area contributed by atoms with E-state index in [1.165, 1.54) is 12.8 Å². The molecule has 0 unspecified atom stereocenters. The molecule has 1 aliphatic heterocycles. The molecule has 6 heteroatoms. The summed E-state index contributed by atoms with van der Waals surface area (Å²) < 4.78 is 11.2. The van der Waals surface area contributed by atoms with Gasteiger partial charge in [-0.05, 0) is 49.8 Å². The van der Waals surface area contributed by atoms with Crippen molar-refractivity contribution in [2.75, 3.05) is 33.9 Å². The van der Waals surface area contributed by atoms with Crippen LogP contribution in [0, 0.1) is 11.8 Å². The predicted octanol–water partition coefficient (Wildman–Crippen LogP) is 4.70. The Kier molecular flexibility index (Phi) is 9.45. The highest BCUT2D eigenvalue weighted by molar-refractivity contribution is 5.78. The van der Waals surface area contributed by atoms with E-state index >= 15 is 0 Å². The van der Waals surface area contributed by atoms with Crippen molar-refractivity contribution in [1.82, 2.24) is 10.2 Å². The van der Waals surface area contributed by atoms with Crippen LogP contribution in [-0.2, 0) is 4.79 Å². The van der Waals surface area contributed by atoms with Crippen LogP contribution in [-0.4, -0.2) is 55.4 Å². The van der Waals surface area contributed by atoms with E-state index in [0.717, 1.165) is 62.1 Å². The number of unbranched alkanes of at least 4 members (excludes halogenated alkanes) is 1. The molecule has 0 aromatic heterocycles. The molecule has 1 saturated heterocycles. The van der Waals surface area contributed by atoms with Crippen LogP contribution >= 0.6 is 0 Å². The van der Waals surface area contributed by atoms with E-state index in [2.05, 4.69) is 24.1 Å². The number of likely N-dealkylation sites (tertiary alicyclic amines) is 1. The number of amides is 1. The van der Waals surface area contributed by atoms with Gasteiger partial charge in [0.15, 0.2) is 0 Å². The second-order valence-electron chi connectivity index (χ2n) is 9.95. The molecule has 3 rings (SSSR count). The molecule has 2 N–H and O–H groups in total. The highest BCUT2D eigenvalue weighted by atomic mass is 16.5. The molecular formula is C27H44N2O4. The molecular weight excluding hydrogens is 416 g/mol. The maximum atomic E-state index is 13.0. The Bertz CT molecular complexity index is 770. The molecule has 1 aliphatic carbocycles. The van der Waals surface area contributed by atoms with Crippen molar-refractivity contribution in [1.29, 1.82) is 0 Å². The zero-order valence-corrected chi connectivity index (χ0v) is 21.1. The largest absolute Gasteiger partial charge is 0.497 e. The average molecular weight is 461 g/mol. The van der Waals surface area contributed by atoms with Gasteiger partial charge in [-0.2, -0.15) is 0 Å². The fraction of sp³-hybridized carbons (Fsp3) is 0.741. The van der Waals surface area contributed by atoms with Crippen molar-refractivity contribution in [3.05, 3.63) is 23.8 Å². The second kappa shape index (κ2) is 12.1. The van der Waals surface area contributed by atoms with E-state index in [1.54, 1.807) is 14.2 Å². The van der Waals surface area contributed by atoms with Gasteiger partial charge >= 0.3 is 0 Å². The van der Waals surface area contributed by atoms with Crippen molar-refractivity contribution in [2.24, 2.45) is 11.8 Å². The van der Waals surface area contributed by atoms with Gasteiger partial charge in [0.2, 0.25) is 5.91 Å². The number of benzene rings is 1. The zero-order chi connectivity index (χ0) is 23.8. The monoisotopic (exact) mass is 460 g/mol. The maximum absolute atomic E-state index is 13.0. The number of hydrogen-bond acceptors (Lipinski definition) is 5. The number of aliphatic hydroxyl groups is 1. The SMILES string of the molecule is CCCC[C@H](CC)CNC(=O)CN1CC[C@@]2(O)CCCC[C@H]2[C@@H]1c1cc(OC)ccc1OC. The lowest BCUT2D eigenvalue weighted by Crippen LogP contribution is -2.56. The smallest absolute Gasteiger partial charge is 0.234 e. The van der Waals surface area contributed by atoms with Crippen LogP contribution in [0.25, 0.3) is 0 Å². The number of ether oxygens (including phenoxy) is 2. The van der Waals surface area contributed by atoms with Gasteiger partial charge in [-0.3, -0.25) is 9.69 Å². The summed E-state index contributed by atoms with van der Waals surface area (Å²) in [5.41, 5.74) is 0.321. The zero-order valence-electron chi connectivity index (χ0n) is 21.1. The summed E-state index contributed by atoms with van der Waals surface area (Å²) in [6.07, 6.45) is 9.30. The summed E-state index contributed by atoms with van der Waals surface area (Å²) in [7, 11) is 3.34. The lowest BCUT2D eigenvalue weighted by atomic mass is 9.66. The first-order chi connectivity index (χ1) is 16.0. The maximum Gasteiger partial charge on any atom is 0.234 e. The summed E-state index contributed by atoms with van der Waals surface area (Å²) >= 11 is 0. The highest BCUT2D eigenvalue weighted by Crippen LogP contribution is 2.51. The van der Waals surface area contributed by atoms with E-state index in [9.17, 15) is 9.90 Å². The molecule has 4 atom stereocenters. The highest BCUT2D eigenvalue weighted by Gasteiger charge is 2.50. The summed E-state index contributed by atoms with van der Waals surface area (Å²) in [5, 5.41) is 14.8. The molecule has 1 aromatic carbocycles. The molecule has 33 heavy (non-hydrogen) atoms. The molecule has 0 radical (unpaired) electrons. The second-order valence-corrected chi connectivity index (χ2v) is 9.95. The van der Waals surface area contributed by atoms with Crippen molar-refractivity contribution in [3.8, 4) is 11.5 Å². The molecule has 6 nitrogen and oxygen atoms in total. The standard InChI is InChI=1S/C27H44N2O4/c1-5-7-10-20(6-2)18-28-25(30)19-29-16-15-27(31)14-9-8-11-23(27)26(29)22-17-21(32-3)12-13-24(22)33-4/h12-13,17,20,23,26,31H,5-11,14-16,18-19H2,1-4H3,(H,28,30)/t20-,23-,26-,27-/m0/s1. The Hall–Kier alpha value is -1.79. The summed E-state index contributed by atoms with van der Waals surface area (Å²) in [5.74, 6) is 2.22. The lowest BCUT2D eigenvalue weighted by Gasteiger charge is -2.52. The van der Waals surface area contributed by atoms with Crippen molar-refractivity contribution in [3.63, 3.8) is 0 Å². The Balaban J connectivity index is 1.82. The minimum atomic E-state index is -0.683. The quantitative estimate of drug-likeness (QED) is 0.501. The van der Waals surface area contributed by atoms with Gasteiger partial charge in [0.1, 0.15) is 11.5 Å². The first-order valence-corrected chi connectivity index (χ1v) is 12.9. The topological polar surface area (TPSA) is 71.0 Å². The normalized spacial score (nSPS) is 26.3. The fourth-order valence-electron chi connectivity index (χ4n) is 5.85. The number of nitrogens with one attached hydrogen (secondary N) is 1. The van der Waals surface area contributed by atoms with Crippen LogP contribution in [0.2, 0.25) is 0 Å². The fourth-order valence-corrected chi connectivity index (χ4v) is 5.85. The summed E-state index contributed by atoms with van der Waals surface area (Å²) in [6.45, 7) is 6.18. The van der Waals surface area contributed by atoms with Crippen LogP contribution in [0.15, 0.2) is 18.2 Å². The van der Waals surface area contributed by atoms with Gasteiger partial charge in [0.25, 0.3) is 0 Å². The van der Waals surface area contributed by atoms with Gasteiger partial charge in [0, 0.05) is 30.6 Å². The molecule has 1 saturated carbocycles. The minimum absolute atomic E-state index is 0.0676. The molecule has 0 spiro atoms. The first-order valence-electron chi connectivity index (χ1n) is 12.9. The third-order valence-electron chi connectivity index (χ3n) is 7.90. The predicted molar refractivity (Wildman–Crippen MR) is 132 cm³/mol. The number of carbonyl (C=O) groups is 1. The van der Waals surface area contributed by atoms with Gasteiger partial charge in [-0.25, -0.2) is 0 Å². The third-order valence-corrected chi connectivity index (χ3v) is 7.90. The number of hydrogen-bond donors (Lipinski definition) is 2. The van der Waals surface area contributed by atoms with E-state index in [1.807, 2.05) is 18.2 Å². The van der Waals surface area contributed by atoms with E-state index in [-0.39, 0.29) is 17.9 Å². The number of rotatable bonds is 11. The van der Waals surface area contributed by atoms with E-state index in [0.29, 0.717) is 25.4 Å². The summed E-state index contributed by atoms with van der Waals surface area (Å²) in [4.78, 5) is 15.3. The Morgan fingerprint density at radius 2 is 2.06 bits per heavy atom. The van der Waals surface area contributed by atoms with E-state index in [4.69, 9.17) is 9.47 Å². The van der Waals surface area contributed by atoms with E-state index < -0.39 is 5.60 Å². The molecule has 1 aromatic rings. The molecule has 2 fully saturated rings. The third kappa shape index (κ3) is 6.21. The molecule has 0 bridgehead atoms. The van der Waals surface area contributed by atoms with Crippen LogP contribution in [0.1, 0.15) is 83.2 Å². The van der Waals surface area contributed by atoms with Gasteiger partial charge in [-0.15, -0.1) is 0 Å².